The van der Waals surface area contributed by atoms with Crippen LogP contribution in [0.15, 0.2) is 121 Å². The molecule has 0 unspecified atom stereocenters. The third kappa shape index (κ3) is 8.10. The zero-order chi connectivity index (χ0) is 26.7. The fourth-order valence-electron chi connectivity index (χ4n) is 4.55. The van der Waals surface area contributed by atoms with Crippen LogP contribution >= 0.6 is 0 Å². The summed E-state index contributed by atoms with van der Waals surface area (Å²) in [6, 6.07) is 40.3. The first-order chi connectivity index (χ1) is 19.3. The fourth-order valence-corrected chi connectivity index (χ4v) is 6.81. The molecular formula is C33H34O5Se. The SMILES string of the molecule is O[C@H]1[C@@H](OCc2ccccc2)[C@H](OCc2ccccc2)[C@@H](COCc2ccccc2)O[C@@H]1[Se]c1ccccc1. The summed E-state index contributed by atoms with van der Waals surface area (Å²) < 4.78 is 26.8. The Morgan fingerprint density at radius 2 is 1.05 bits per heavy atom. The molecule has 1 heterocycles. The fraction of sp³-hybridized carbons (Fsp3) is 0.273. The molecule has 4 aromatic carbocycles. The van der Waals surface area contributed by atoms with Gasteiger partial charge < -0.3 is 0 Å². The first-order valence-corrected chi connectivity index (χ1v) is 15.1. The van der Waals surface area contributed by atoms with Gasteiger partial charge in [-0.3, -0.25) is 0 Å². The summed E-state index contributed by atoms with van der Waals surface area (Å²) in [5, 5.41) is 11.2. The van der Waals surface area contributed by atoms with E-state index in [1.165, 1.54) is 0 Å². The molecule has 5 atom stereocenters. The van der Waals surface area contributed by atoms with E-state index in [2.05, 4.69) is 12.1 Å². The molecule has 1 fully saturated rings. The van der Waals surface area contributed by atoms with Gasteiger partial charge in [-0.15, -0.1) is 0 Å². The van der Waals surface area contributed by atoms with Gasteiger partial charge >= 0.3 is 237 Å². The second-order valence-corrected chi connectivity index (χ2v) is 11.9. The number of hydrogen-bond donors (Lipinski definition) is 1. The summed E-state index contributed by atoms with van der Waals surface area (Å²) in [5.41, 5.74) is 3.19. The van der Waals surface area contributed by atoms with E-state index in [9.17, 15) is 5.11 Å². The minimum atomic E-state index is -0.847. The number of ether oxygens (including phenoxy) is 4. The Hall–Kier alpha value is -2.80. The molecule has 39 heavy (non-hydrogen) atoms. The zero-order valence-electron chi connectivity index (χ0n) is 21.8. The number of benzene rings is 4. The van der Waals surface area contributed by atoms with E-state index in [1.54, 1.807) is 0 Å². The molecule has 0 radical (unpaired) electrons. The van der Waals surface area contributed by atoms with Crippen molar-refractivity contribution >= 4 is 19.4 Å². The summed E-state index contributed by atoms with van der Waals surface area (Å²) in [7, 11) is 0. The minimum absolute atomic E-state index is 0.128. The average Bonchev–Trinajstić information content (AvgIpc) is 2.99. The Morgan fingerprint density at radius 3 is 1.59 bits per heavy atom. The molecule has 0 aliphatic carbocycles. The number of hydrogen-bond acceptors (Lipinski definition) is 5. The molecule has 5 rings (SSSR count). The molecule has 1 N–H and O–H groups in total. The quantitative estimate of drug-likeness (QED) is 0.247. The molecule has 0 aromatic heterocycles. The standard InChI is InChI=1S/C33H34O5Se/c34-30-32(37-23-27-17-9-3-10-18-27)31(36-22-26-15-7-2-8-16-26)29(24-35-21-25-13-5-1-6-14-25)38-33(30)39-28-19-11-4-12-20-28/h1-20,29-34H,21-24H2/t29-,30+,31-,32-,33-/m1/s1. The van der Waals surface area contributed by atoms with Crippen LogP contribution in [0.25, 0.3) is 0 Å². The third-order valence-corrected chi connectivity index (χ3v) is 9.02. The first-order valence-electron chi connectivity index (χ1n) is 13.2. The van der Waals surface area contributed by atoms with Crippen LogP contribution in [0.2, 0.25) is 0 Å². The van der Waals surface area contributed by atoms with Crippen molar-refractivity contribution in [3.05, 3.63) is 138 Å². The van der Waals surface area contributed by atoms with Gasteiger partial charge in [0.15, 0.2) is 0 Å². The van der Waals surface area contributed by atoms with E-state index in [-0.39, 0.29) is 15.0 Å². The second kappa shape index (κ2) is 14.5. The van der Waals surface area contributed by atoms with Crippen molar-refractivity contribution in [2.75, 3.05) is 6.61 Å². The van der Waals surface area contributed by atoms with Gasteiger partial charge in [0, 0.05) is 0 Å². The Kier molecular flexibility index (Phi) is 10.4. The van der Waals surface area contributed by atoms with E-state index in [0.29, 0.717) is 26.4 Å². The maximum atomic E-state index is 11.6. The Labute approximate surface area is 236 Å². The molecule has 0 spiro atoms. The summed E-state index contributed by atoms with van der Waals surface area (Å²) in [4.78, 5) is 0. The van der Waals surface area contributed by atoms with E-state index in [4.69, 9.17) is 18.9 Å². The van der Waals surface area contributed by atoms with Gasteiger partial charge in [-0.1, -0.05) is 0 Å². The molecule has 0 bridgehead atoms. The summed E-state index contributed by atoms with van der Waals surface area (Å²) in [6.45, 7) is 1.55. The van der Waals surface area contributed by atoms with Crippen molar-refractivity contribution in [2.45, 2.75) is 49.2 Å². The maximum absolute atomic E-state index is 11.6. The third-order valence-electron chi connectivity index (χ3n) is 6.57. The van der Waals surface area contributed by atoms with E-state index in [0.717, 1.165) is 21.2 Å². The van der Waals surface area contributed by atoms with Crippen molar-refractivity contribution in [1.82, 2.24) is 0 Å². The Bertz CT molecular complexity index is 1230. The van der Waals surface area contributed by atoms with Crippen LogP contribution in [-0.4, -0.2) is 56.1 Å². The molecular weight excluding hydrogens is 555 g/mol. The second-order valence-electron chi connectivity index (χ2n) is 9.49. The van der Waals surface area contributed by atoms with Gasteiger partial charge in [-0.25, -0.2) is 0 Å². The van der Waals surface area contributed by atoms with Crippen LogP contribution in [-0.2, 0) is 38.8 Å². The normalized spacial score (nSPS) is 22.9. The van der Waals surface area contributed by atoms with Crippen molar-refractivity contribution in [3.63, 3.8) is 0 Å². The number of aliphatic hydroxyl groups is 1. The molecule has 6 heteroatoms. The van der Waals surface area contributed by atoms with Crippen LogP contribution in [0.3, 0.4) is 0 Å². The van der Waals surface area contributed by atoms with Gasteiger partial charge in [-0.05, 0) is 0 Å². The van der Waals surface area contributed by atoms with Crippen molar-refractivity contribution in [1.29, 1.82) is 0 Å². The molecule has 1 aliphatic heterocycles. The average molecular weight is 590 g/mol. The summed E-state index contributed by atoms with van der Waals surface area (Å²) in [6.07, 6.45) is -2.34. The molecule has 0 amide bonds. The van der Waals surface area contributed by atoms with Gasteiger partial charge in [0.1, 0.15) is 0 Å². The molecule has 4 aromatic rings. The summed E-state index contributed by atoms with van der Waals surface area (Å²) >= 11 is -0.128. The molecule has 202 valence electrons. The Morgan fingerprint density at radius 1 is 0.590 bits per heavy atom. The van der Waals surface area contributed by atoms with Gasteiger partial charge in [0.2, 0.25) is 0 Å². The zero-order valence-corrected chi connectivity index (χ0v) is 23.5. The van der Waals surface area contributed by atoms with E-state index in [1.807, 2.05) is 109 Å². The molecule has 5 nitrogen and oxygen atoms in total. The summed E-state index contributed by atoms with van der Waals surface area (Å²) in [5.74, 6) is 0. The van der Waals surface area contributed by atoms with Crippen LogP contribution in [0.1, 0.15) is 16.7 Å². The van der Waals surface area contributed by atoms with Crippen LogP contribution < -0.4 is 4.46 Å². The topological polar surface area (TPSA) is 57.2 Å². The predicted molar refractivity (Wildman–Crippen MR) is 153 cm³/mol. The van der Waals surface area contributed by atoms with E-state index >= 15 is 0 Å². The molecule has 0 saturated carbocycles. The van der Waals surface area contributed by atoms with E-state index < -0.39 is 29.4 Å². The molecule has 1 aliphatic rings. The van der Waals surface area contributed by atoms with Crippen molar-refractivity contribution < 1.29 is 24.1 Å². The van der Waals surface area contributed by atoms with Crippen molar-refractivity contribution in [2.24, 2.45) is 0 Å². The predicted octanol–water partition coefficient (Wildman–Crippen LogP) is 4.49. The van der Waals surface area contributed by atoms with Crippen LogP contribution in [0.5, 0.6) is 0 Å². The van der Waals surface area contributed by atoms with Crippen LogP contribution in [0, 0.1) is 0 Å². The van der Waals surface area contributed by atoms with Gasteiger partial charge in [0.25, 0.3) is 0 Å². The monoisotopic (exact) mass is 590 g/mol. The van der Waals surface area contributed by atoms with Crippen LogP contribution in [0.4, 0.5) is 0 Å². The Balaban J connectivity index is 1.37. The number of rotatable bonds is 12. The molecule has 1 saturated heterocycles. The van der Waals surface area contributed by atoms with Gasteiger partial charge in [-0.2, -0.15) is 0 Å². The number of aliphatic hydroxyl groups excluding tert-OH is 1. The first kappa shape index (κ1) is 27.8. The van der Waals surface area contributed by atoms with Gasteiger partial charge in [0.05, 0.1) is 0 Å². The van der Waals surface area contributed by atoms with Crippen molar-refractivity contribution in [3.8, 4) is 0 Å².